The van der Waals surface area contributed by atoms with Gasteiger partial charge in [-0.25, -0.2) is 14.5 Å². The summed E-state index contributed by atoms with van der Waals surface area (Å²) in [5, 5.41) is 7.69. The number of hydrogen-bond acceptors (Lipinski definition) is 4. The maximum Gasteiger partial charge on any atom is 0.345 e. The fourth-order valence-corrected chi connectivity index (χ4v) is 3.86. The predicted molar refractivity (Wildman–Crippen MR) is 114 cm³/mol. The molecule has 8 heteroatoms. The van der Waals surface area contributed by atoms with Gasteiger partial charge in [-0.3, -0.25) is 9.36 Å². The molecule has 1 aliphatic heterocycles. The Morgan fingerprint density at radius 1 is 1.30 bits per heavy atom. The maximum atomic E-state index is 13.0. The van der Waals surface area contributed by atoms with Crippen molar-refractivity contribution in [1.82, 2.24) is 29.6 Å². The molecule has 2 N–H and O–H groups in total. The van der Waals surface area contributed by atoms with Crippen LogP contribution in [0, 0.1) is 5.92 Å². The van der Waals surface area contributed by atoms with Crippen molar-refractivity contribution in [3.63, 3.8) is 0 Å². The van der Waals surface area contributed by atoms with E-state index in [2.05, 4.69) is 34.2 Å². The van der Waals surface area contributed by atoms with Crippen molar-refractivity contribution in [3.05, 3.63) is 58.5 Å². The van der Waals surface area contributed by atoms with Gasteiger partial charge in [0, 0.05) is 43.5 Å². The van der Waals surface area contributed by atoms with Crippen molar-refractivity contribution in [3.8, 4) is 11.4 Å². The van der Waals surface area contributed by atoms with Crippen LogP contribution in [-0.4, -0.2) is 36.3 Å². The Balaban J connectivity index is 1.44. The second-order valence-corrected chi connectivity index (χ2v) is 8.24. The van der Waals surface area contributed by atoms with Crippen molar-refractivity contribution in [1.29, 1.82) is 0 Å². The molecule has 30 heavy (non-hydrogen) atoms. The molecule has 1 aliphatic rings. The first kappa shape index (κ1) is 20.1. The minimum absolute atomic E-state index is 0.00706. The van der Waals surface area contributed by atoms with Gasteiger partial charge in [0.25, 0.3) is 5.91 Å². The van der Waals surface area contributed by atoms with E-state index in [1.807, 2.05) is 24.3 Å². The number of benzene rings is 1. The van der Waals surface area contributed by atoms with Crippen LogP contribution in [0.1, 0.15) is 49.3 Å². The second kappa shape index (κ2) is 8.69. The molecule has 0 fully saturated rings. The average Bonchev–Trinajstić information content (AvgIpc) is 3.32. The number of aromatic nitrogens is 5. The van der Waals surface area contributed by atoms with Crippen LogP contribution >= 0.6 is 0 Å². The monoisotopic (exact) mass is 408 g/mol. The van der Waals surface area contributed by atoms with Crippen LogP contribution in [0.25, 0.3) is 11.4 Å². The first-order valence-electron chi connectivity index (χ1n) is 10.6. The quantitative estimate of drug-likeness (QED) is 0.655. The van der Waals surface area contributed by atoms with Crippen molar-refractivity contribution in [2.24, 2.45) is 5.92 Å². The Labute approximate surface area is 175 Å². The fourth-order valence-electron chi connectivity index (χ4n) is 3.86. The van der Waals surface area contributed by atoms with E-state index in [-0.39, 0.29) is 17.6 Å². The van der Waals surface area contributed by atoms with E-state index < -0.39 is 0 Å². The fraction of sp³-hybridized carbons (Fsp3) is 0.455. The molecule has 158 valence electrons. The largest absolute Gasteiger partial charge is 0.349 e. The minimum Gasteiger partial charge on any atom is -0.349 e. The van der Waals surface area contributed by atoms with Gasteiger partial charge in [0.1, 0.15) is 11.6 Å². The standard InChI is InChI=1S/C22H28N6O2/c1-15(2)9-14-28-22(30)27-13-10-16(7-8-19(27)26-28)25-21(29)18-6-4-3-5-17(18)20-23-11-12-24-20/h3-6,11-12,15-16H,7-10,13-14H2,1-2H3,(H,23,24)(H,25,29). The third-order valence-corrected chi connectivity index (χ3v) is 5.60. The molecule has 0 bridgehead atoms. The summed E-state index contributed by atoms with van der Waals surface area (Å²) in [6.07, 6.45) is 6.49. The number of nitrogens with zero attached hydrogens (tertiary/aromatic N) is 4. The number of amides is 1. The Hall–Kier alpha value is -3.16. The van der Waals surface area contributed by atoms with Gasteiger partial charge in [-0.2, -0.15) is 5.10 Å². The SMILES string of the molecule is CC(C)CCn1nc2n(c1=O)CCC(NC(=O)c1ccccc1-c1ncc[nH]1)CC2. The summed E-state index contributed by atoms with van der Waals surface area (Å²) < 4.78 is 3.36. The molecule has 0 radical (unpaired) electrons. The number of fused-ring (bicyclic) bond motifs is 1. The number of carbonyl (C=O) groups is 1. The van der Waals surface area contributed by atoms with Crippen molar-refractivity contribution >= 4 is 5.91 Å². The second-order valence-electron chi connectivity index (χ2n) is 8.24. The zero-order valence-electron chi connectivity index (χ0n) is 17.5. The lowest BCUT2D eigenvalue weighted by Gasteiger charge is -2.17. The number of hydrogen-bond donors (Lipinski definition) is 2. The van der Waals surface area contributed by atoms with Gasteiger partial charge in [-0.1, -0.05) is 32.0 Å². The van der Waals surface area contributed by atoms with Crippen LogP contribution in [0.5, 0.6) is 0 Å². The lowest BCUT2D eigenvalue weighted by molar-refractivity contribution is 0.0933. The number of aromatic amines is 1. The van der Waals surface area contributed by atoms with E-state index in [1.165, 1.54) is 0 Å². The predicted octanol–water partition coefficient (Wildman–Crippen LogP) is 2.62. The van der Waals surface area contributed by atoms with Crippen molar-refractivity contribution in [2.75, 3.05) is 0 Å². The van der Waals surface area contributed by atoms with E-state index in [0.717, 1.165) is 24.2 Å². The highest BCUT2D eigenvalue weighted by Crippen LogP contribution is 2.21. The highest BCUT2D eigenvalue weighted by Gasteiger charge is 2.23. The molecule has 1 aromatic carbocycles. The topological polar surface area (TPSA) is 97.6 Å². The molecular formula is C22H28N6O2. The van der Waals surface area contributed by atoms with Crippen molar-refractivity contribution < 1.29 is 4.79 Å². The Morgan fingerprint density at radius 2 is 2.13 bits per heavy atom. The summed E-state index contributed by atoms with van der Waals surface area (Å²) in [5.41, 5.74) is 1.32. The molecule has 1 amide bonds. The number of imidazole rings is 1. The van der Waals surface area contributed by atoms with Gasteiger partial charge in [0.15, 0.2) is 0 Å². The Bertz CT molecular complexity index is 1060. The third kappa shape index (κ3) is 4.22. The summed E-state index contributed by atoms with van der Waals surface area (Å²) >= 11 is 0. The molecule has 1 unspecified atom stereocenters. The minimum atomic E-state index is -0.124. The highest BCUT2D eigenvalue weighted by molar-refractivity contribution is 6.00. The molecule has 0 saturated heterocycles. The normalized spacial score (nSPS) is 16.3. The molecule has 0 spiro atoms. The molecule has 1 atom stereocenters. The van der Waals surface area contributed by atoms with Crippen LogP contribution in [-0.2, 0) is 19.5 Å². The lowest BCUT2D eigenvalue weighted by atomic mass is 10.0. The zero-order valence-corrected chi connectivity index (χ0v) is 17.5. The number of rotatable bonds is 6. The molecule has 0 saturated carbocycles. The van der Waals surface area contributed by atoms with Crippen LogP contribution in [0.4, 0.5) is 0 Å². The molecular weight excluding hydrogens is 380 g/mol. The molecule has 8 nitrogen and oxygen atoms in total. The summed E-state index contributed by atoms with van der Waals surface area (Å²) in [6.45, 7) is 5.51. The number of carbonyl (C=O) groups excluding carboxylic acids is 1. The molecule has 3 aromatic rings. The molecule has 0 aliphatic carbocycles. The van der Waals surface area contributed by atoms with Crippen LogP contribution < -0.4 is 11.0 Å². The number of aryl methyl sites for hydroxylation is 2. The van der Waals surface area contributed by atoms with Crippen LogP contribution in [0.2, 0.25) is 0 Å². The van der Waals surface area contributed by atoms with E-state index >= 15 is 0 Å². The number of H-pyrrole nitrogens is 1. The van der Waals surface area contributed by atoms with Gasteiger partial charge in [-0.15, -0.1) is 0 Å². The first-order chi connectivity index (χ1) is 14.5. The van der Waals surface area contributed by atoms with E-state index in [9.17, 15) is 9.59 Å². The van der Waals surface area contributed by atoms with Crippen molar-refractivity contribution in [2.45, 2.75) is 58.7 Å². The van der Waals surface area contributed by atoms with Gasteiger partial charge >= 0.3 is 5.69 Å². The average molecular weight is 409 g/mol. The summed E-state index contributed by atoms with van der Waals surface area (Å²) in [7, 11) is 0. The summed E-state index contributed by atoms with van der Waals surface area (Å²) in [6, 6.07) is 7.43. The summed E-state index contributed by atoms with van der Waals surface area (Å²) in [5.74, 6) is 1.89. The first-order valence-corrected chi connectivity index (χ1v) is 10.6. The third-order valence-electron chi connectivity index (χ3n) is 5.60. The van der Waals surface area contributed by atoms with E-state index in [4.69, 9.17) is 0 Å². The van der Waals surface area contributed by atoms with Crippen LogP contribution in [0.3, 0.4) is 0 Å². The highest BCUT2D eigenvalue weighted by atomic mass is 16.2. The lowest BCUT2D eigenvalue weighted by Crippen LogP contribution is -2.36. The smallest absolute Gasteiger partial charge is 0.345 e. The number of nitrogens with one attached hydrogen (secondary N) is 2. The molecule has 3 heterocycles. The maximum absolute atomic E-state index is 13.0. The Kier molecular flexibility index (Phi) is 5.83. The van der Waals surface area contributed by atoms with Gasteiger partial charge in [-0.05, 0) is 31.2 Å². The van der Waals surface area contributed by atoms with E-state index in [1.54, 1.807) is 21.6 Å². The molecule has 4 rings (SSSR count). The Morgan fingerprint density at radius 3 is 2.90 bits per heavy atom. The van der Waals surface area contributed by atoms with Gasteiger partial charge in [0.05, 0.1) is 5.56 Å². The van der Waals surface area contributed by atoms with Crippen LogP contribution in [0.15, 0.2) is 41.5 Å². The van der Waals surface area contributed by atoms with E-state index in [0.29, 0.717) is 43.2 Å². The zero-order chi connectivity index (χ0) is 21.1. The van der Waals surface area contributed by atoms with Gasteiger partial charge < -0.3 is 10.3 Å². The molecule has 2 aromatic heterocycles. The summed E-state index contributed by atoms with van der Waals surface area (Å²) in [4.78, 5) is 33.0. The van der Waals surface area contributed by atoms with Gasteiger partial charge in [0.2, 0.25) is 0 Å².